The Labute approximate surface area is 135 Å². The average Bonchev–Trinajstić information content (AvgIpc) is 2.57. The van der Waals surface area contributed by atoms with Crippen molar-refractivity contribution in [2.24, 2.45) is 5.92 Å². The summed E-state index contributed by atoms with van der Waals surface area (Å²) in [5, 5.41) is 30.6. The Bertz CT molecular complexity index is 625. The number of hydrogen-bond acceptors (Lipinski definition) is 5. The standard InChI is InChI=1S/C17H24O4S/c1-4-22-9-17(3,21)11-5-6-12-13(8-11)10(2)7-14(18)16(20)15(12)19/h7,11,21H,4-6,8-9H2,1-3H3,(H2,18,19,20). The molecule has 2 unspecified atom stereocenters. The van der Waals surface area contributed by atoms with Crippen molar-refractivity contribution in [1.29, 1.82) is 0 Å². The molecule has 5 heteroatoms. The van der Waals surface area contributed by atoms with Gasteiger partial charge in [-0.2, -0.15) is 11.8 Å². The van der Waals surface area contributed by atoms with Gasteiger partial charge in [-0.3, -0.25) is 4.79 Å². The van der Waals surface area contributed by atoms with Gasteiger partial charge in [-0.25, -0.2) is 0 Å². The maximum absolute atomic E-state index is 11.9. The summed E-state index contributed by atoms with van der Waals surface area (Å²) in [7, 11) is 0. The van der Waals surface area contributed by atoms with E-state index in [2.05, 4.69) is 6.92 Å². The second-order valence-corrected chi connectivity index (χ2v) is 7.56. The average molecular weight is 324 g/mol. The first-order valence-electron chi connectivity index (χ1n) is 7.65. The van der Waals surface area contributed by atoms with Gasteiger partial charge in [0.05, 0.1) is 5.60 Å². The fourth-order valence-corrected chi connectivity index (χ4v) is 4.03. The highest BCUT2D eigenvalue weighted by Crippen LogP contribution is 2.37. The van der Waals surface area contributed by atoms with E-state index >= 15 is 0 Å². The molecule has 2 rings (SSSR count). The second-order valence-electron chi connectivity index (χ2n) is 6.28. The molecule has 0 fully saturated rings. The van der Waals surface area contributed by atoms with Crippen LogP contribution in [0.1, 0.15) is 37.0 Å². The van der Waals surface area contributed by atoms with Gasteiger partial charge in [-0.05, 0) is 62.0 Å². The molecular formula is C17H24O4S. The molecule has 1 aliphatic carbocycles. The lowest BCUT2D eigenvalue weighted by Gasteiger charge is -2.36. The second kappa shape index (κ2) is 6.50. The van der Waals surface area contributed by atoms with Crippen LogP contribution in [0.3, 0.4) is 0 Å². The van der Waals surface area contributed by atoms with E-state index in [1.807, 2.05) is 13.8 Å². The normalized spacial score (nSPS) is 20.3. The van der Waals surface area contributed by atoms with E-state index in [0.29, 0.717) is 24.2 Å². The first-order chi connectivity index (χ1) is 10.3. The van der Waals surface area contributed by atoms with E-state index < -0.39 is 16.8 Å². The Kier molecular flexibility index (Phi) is 5.07. The molecule has 4 nitrogen and oxygen atoms in total. The van der Waals surface area contributed by atoms with Crippen LogP contribution in [0.2, 0.25) is 0 Å². The van der Waals surface area contributed by atoms with Crippen LogP contribution >= 0.6 is 11.8 Å². The van der Waals surface area contributed by atoms with E-state index in [1.54, 1.807) is 11.8 Å². The molecule has 0 radical (unpaired) electrons. The predicted octanol–water partition coefficient (Wildman–Crippen LogP) is 2.38. The van der Waals surface area contributed by atoms with E-state index in [9.17, 15) is 20.1 Å². The smallest absolute Gasteiger partial charge is 0.261 e. The molecule has 3 N–H and O–H groups in total. The number of hydrogen-bond donors (Lipinski definition) is 3. The van der Waals surface area contributed by atoms with Crippen molar-refractivity contribution in [2.45, 2.75) is 45.6 Å². The highest BCUT2D eigenvalue weighted by molar-refractivity contribution is 7.99. The summed E-state index contributed by atoms with van der Waals surface area (Å²) >= 11 is 1.71. The highest BCUT2D eigenvalue weighted by atomic mass is 32.2. The van der Waals surface area contributed by atoms with Crippen molar-refractivity contribution in [3.63, 3.8) is 0 Å². The number of thioether (sulfide) groups is 1. The van der Waals surface area contributed by atoms with Gasteiger partial charge in [0, 0.05) is 11.3 Å². The van der Waals surface area contributed by atoms with Crippen LogP contribution in [0.15, 0.2) is 10.9 Å². The van der Waals surface area contributed by atoms with Crippen molar-refractivity contribution < 1.29 is 15.3 Å². The maximum atomic E-state index is 11.9. The number of aliphatic hydroxyl groups is 1. The van der Waals surface area contributed by atoms with Gasteiger partial charge in [0.2, 0.25) is 0 Å². The first-order valence-corrected chi connectivity index (χ1v) is 8.81. The van der Waals surface area contributed by atoms with Crippen molar-refractivity contribution in [2.75, 3.05) is 11.5 Å². The SMILES string of the molecule is CCSCC(C)(O)C1CCc2c(c(C)cc(O)c(=O)c2O)C1. The van der Waals surface area contributed by atoms with Crippen LogP contribution in [0.25, 0.3) is 0 Å². The number of aromatic hydroxyl groups is 2. The minimum absolute atomic E-state index is 0.0804. The molecule has 122 valence electrons. The van der Waals surface area contributed by atoms with Crippen LogP contribution in [0.5, 0.6) is 11.5 Å². The van der Waals surface area contributed by atoms with Crippen molar-refractivity contribution in [1.82, 2.24) is 0 Å². The molecule has 1 aromatic carbocycles. The minimum atomic E-state index is -0.781. The molecule has 1 aromatic rings. The van der Waals surface area contributed by atoms with Crippen molar-refractivity contribution in [3.05, 3.63) is 33.0 Å². The topological polar surface area (TPSA) is 77.8 Å². The Morgan fingerprint density at radius 1 is 1.36 bits per heavy atom. The van der Waals surface area contributed by atoms with Gasteiger partial charge >= 0.3 is 0 Å². The third-order valence-corrected chi connectivity index (χ3v) is 5.80. The fraction of sp³-hybridized carbons (Fsp3) is 0.588. The van der Waals surface area contributed by atoms with E-state index in [4.69, 9.17) is 0 Å². The minimum Gasteiger partial charge on any atom is -0.504 e. The van der Waals surface area contributed by atoms with Crippen LogP contribution < -0.4 is 5.43 Å². The molecule has 0 spiro atoms. The third kappa shape index (κ3) is 3.25. The molecular weight excluding hydrogens is 300 g/mol. The molecule has 0 heterocycles. The molecule has 0 bridgehead atoms. The Morgan fingerprint density at radius 2 is 2.05 bits per heavy atom. The van der Waals surface area contributed by atoms with Crippen LogP contribution in [0, 0.1) is 12.8 Å². The third-order valence-electron chi connectivity index (χ3n) is 4.60. The summed E-state index contributed by atoms with van der Waals surface area (Å²) in [6.07, 6.45) is 1.88. The monoisotopic (exact) mass is 324 g/mol. The van der Waals surface area contributed by atoms with Crippen LogP contribution in [-0.2, 0) is 12.8 Å². The zero-order valence-corrected chi connectivity index (χ0v) is 14.2. The number of fused-ring (bicyclic) bond motifs is 1. The summed E-state index contributed by atoms with van der Waals surface area (Å²) in [5.41, 5.74) is 0.799. The Hall–Kier alpha value is -1.20. The van der Waals surface area contributed by atoms with E-state index in [-0.39, 0.29) is 11.7 Å². The molecule has 0 saturated heterocycles. The van der Waals surface area contributed by atoms with Gasteiger partial charge in [0.25, 0.3) is 5.43 Å². The number of rotatable bonds is 4. The van der Waals surface area contributed by atoms with E-state index in [0.717, 1.165) is 23.3 Å². The van der Waals surface area contributed by atoms with Gasteiger partial charge in [-0.15, -0.1) is 0 Å². The van der Waals surface area contributed by atoms with Crippen LogP contribution in [0.4, 0.5) is 0 Å². The summed E-state index contributed by atoms with van der Waals surface area (Å²) in [6, 6.07) is 1.42. The molecule has 0 aromatic heterocycles. The van der Waals surface area contributed by atoms with Crippen LogP contribution in [-0.4, -0.2) is 32.4 Å². The summed E-state index contributed by atoms with van der Waals surface area (Å²) in [4.78, 5) is 11.9. The van der Waals surface area contributed by atoms with Crippen molar-refractivity contribution in [3.8, 4) is 11.5 Å². The maximum Gasteiger partial charge on any atom is 0.261 e. The summed E-state index contributed by atoms with van der Waals surface area (Å²) in [5.74, 6) is 0.945. The molecule has 22 heavy (non-hydrogen) atoms. The summed E-state index contributed by atoms with van der Waals surface area (Å²) in [6.45, 7) is 5.76. The predicted molar refractivity (Wildman–Crippen MR) is 89.9 cm³/mol. The summed E-state index contributed by atoms with van der Waals surface area (Å²) < 4.78 is 0. The van der Waals surface area contributed by atoms with Crippen molar-refractivity contribution >= 4 is 11.8 Å². The fourth-order valence-electron chi connectivity index (χ4n) is 3.17. The highest BCUT2D eigenvalue weighted by Gasteiger charge is 2.35. The molecule has 1 aliphatic rings. The molecule has 0 aliphatic heterocycles. The zero-order chi connectivity index (χ0) is 16.5. The zero-order valence-electron chi connectivity index (χ0n) is 13.3. The Morgan fingerprint density at radius 3 is 2.68 bits per heavy atom. The quantitative estimate of drug-likeness (QED) is 0.792. The lowest BCUT2D eigenvalue weighted by Crippen LogP contribution is -2.40. The molecule has 0 saturated carbocycles. The lowest BCUT2D eigenvalue weighted by atomic mass is 9.75. The largest absolute Gasteiger partial charge is 0.504 e. The van der Waals surface area contributed by atoms with Gasteiger partial charge in [0.15, 0.2) is 11.5 Å². The number of aryl methyl sites for hydroxylation is 1. The lowest BCUT2D eigenvalue weighted by molar-refractivity contribution is 0.0155. The van der Waals surface area contributed by atoms with Gasteiger partial charge in [-0.1, -0.05) is 6.92 Å². The first kappa shape index (κ1) is 17.2. The van der Waals surface area contributed by atoms with Gasteiger partial charge in [0.1, 0.15) is 0 Å². The van der Waals surface area contributed by atoms with E-state index in [1.165, 1.54) is 6.07 Å². The molecule has 2 atom stereocenters. The molecule has 0 amide bonds. The Balaban J connectivity index is 2.41. The van der Waals surface area contributed by atoms with Gasteiger partial charge < -0.3 is 15.3 Å².